The summed E-state index contributed by atoms with van der Waals surface area (Å²) in [5.41, 5.74) is 2.73. The lowest BCUT2D eigenvalue weighted by atomic mass is 9.48. The van der Waals surface area contributed by atoms with E-state index in [1.165, 1.54) is 16.5 Å². The predicted octanol–water partition coefficient (Wildman–Crippen LogP) is 4.26. The predicted molar refractivity (Wildman–Crippen MR) is 94.1 cm³/mol. The van der Waals surface area contributed by atoms with Gasteiger partial charge in [0.25, 0.3) is 0 Å². The number of hydrogen-bond acceptors (Lipinski definition) is 2. The zero-order chi connectivity index (χ0) is 17.0. The Morgan fingerprint density at radius 2 is 2.12 bits per heavy atom. The molecule has 3 nitrogen and oxygen atoms in total. The Labute approximate surface area is 147 Å². The first-order valence-electron chi connectivity index (χ1n) is 9.81. The summed E-state index contributed by atoms with van der Waals surface area (Å²) < 4.78 is 14.9. The van der Waals surface area contributed by atoms with Crippen molar-refractivity contribution in [3.8, 4) is 0 Å². The molecule has 6 rings (SSSR count). The Hall–Kier alpha value is -1.42. The van der Waals surface area contributed by atoms with Crippen LogP contribution in [-0.4, -0.2) is 27.1 Å². The topological polar surface area (TPSA) is 48.9 Å². The number of halogens is 1. The molecule has 0 aliphatic heterocycles. The first-order valence-corrected chi connectivity index (χ1v) is 9.81. The Balaban J connectivity index is 1.51. The summed E-state index contributed by atoms with van der Waals surface area (Å²) in [6, 6.07) is 4.45. The summed E-state index contributed by atoms with van der Waals surface area (Å²) in [5, 5.41) is 19.7. The molecule has 0 radical (unpaired) electrons. The highest BCUT2D eigenvalue weighted by Gasteiger charge is 2.77. The molecule has 1 aromatic carbocycles. The molecule has 132 valence electrons. The van der Waals surface area contributed by atoms with E-state index in [2.05, 4.69) is 29.3 Å². The fraction of sp³-hybridized carbons (Fsp3) is 0.667. The van der Waals surface area contributed by atoms with E-state index < -0.39 is 11.8 Å². The second kappa shape index (κ2) is 4.28. The van der Waals surface area contributed by atoms with Gasteiger partial charge in [0.1, 0.15) is 11.8 Å². The molecule has 3 saturated carbocycles. The number of hydrogen-bond donors (Lipinski definition) is 2. The quantitative estimate of drug-likeness (QED) is 0.753. The smallest absolute Gasteiger partial charge is 0.130 e. The largest absolute Gasteiger partial charge is 0.386 e. The van der Waals surface area contributed by atoms with Crippen molar-refractivity contribution in [1.29, 1.82) is 0 Å². The SMILES string of the molecule is C[C@]12CC[C@@H]3c4ccc5[nH]ncc5c4CC[C@H]3C13CC[C@]2(O)[C@@H](F)C3. The van der Waals surface area contributed by atoms with E-state index in [0.717, 1.165) is 37.6 Å². The van der Waals surface area contributed by atoms with Crippen LogP contribution in [0, 0.1) is 16.7 Å². The number of fused-ring (bicyclic) bond motifs is 5. The fourth-order valence-electron chi connectivity index (χ4n) is 7.83. The van der Waals surface area contributed by atoms with Gasteiger partial charge in [-0.05, 0) is 79.4 Å². The zero-order valence-corrected chi connectivity index (χ0v) is 14.7. The van der Waals surface area contributed by atoms with Crippen LogP contribution in [0.4, 0.5) is 4.39 Å². The normalized spacial score (nSPS) is 47.6. The highest BCUT2D eigenvalue weighted by Crippen LogP contribution is 2.78. The summed E-state index contributed by atoms with van der Waals surface area (Å²) >= 11 is 0. The standard InChI is InChI=1S/C21H25FN2O/c1-19-7-6-14-12-3-5-17-15(11-23-24-17)13(12)2-4-16(14)20(19)8-9-21(19,25)18(22)10-20/h3,5,11,14,16,18,25H,2,4,6-10H2,1H3,(H,23,24)/t14-,16-,18+,19+,20?,21+/m1/s1. The van der Waals surface area contributed by atoms with Crippen molar-refractivity contribution in [2.45, 2.75) is 69.6 Å². The van der Waals surface area contributed by atoms with Crippen LogP contribution in [0.25, 0.3) is 10.9 Å². The summed E-state index contributed by atoms with van der Waals surface area (Å²) in [7, 11) is 0. The molecule has 0 saturated heterocycles. The number of H-pyrrole nitrogens is 1. The summed E-state index contributed by atoms with van der Waals surface area (Å²) in [6.45, 7) is 2.20. The molecule has 2 aromatic rings. The summed E-state index contributed by atoms with van der Waals surface area (Å²) in [5.74, 6) is 1.03. The van der Waals surface area contributed by atoms with Crippen LogP contribution in [0.5, 0.6) is 0 Å². The van der Waals surface area contributed by atoms with Crippen molar-refractivity contribution in [3.05, 3.63) is 29.5 Å². The highest BCUT2D eigenvalue weighted by atomic mass is 19.1. The van der Waals surface area contributed by atoms with Crippen LogP contribution in [0.1, 0.15) is 62.5 Å². The van der Waals surface area contributed by atoms with Crippen molar-refractivity contribution >= 4 is 10.9 Å². The number of benzene rings is 1. The van der Waals surface area contributed by atoms with Crippen LogP contribution in [0.2, 0.25) is 0 Å². The van der Waals surface area contributed by atoms with E-state index in [1.807, 2.05) is 6.20 Å². The molecule has 1 unspecified atom stereocenters. The number of aliphatic hydroxyl groups is 1. The van der Waals surface area contributed by atoms with E-state index in [9.17, 15) is 9.50 Å². The number of aryl methyl sites for hydroxylation is 1. The molecule has 3 fully saturated rings. The molecule has 4 heteroatoms. The molecule has 2 N–H and O–H groups in total. The maximum absolute atomic E-state index is 14.9. The molecule has 25 heavy (non-hydrogen) atoms. The minimum absolute atomic E-state index is 0.00682. The Kier molecular flexibility index (Phi) is 2.52. The number of aromatic nitrogens is 2. The van der Waals surface area contributed by atoms with Gasteiger partial charge in [-0.25, -0.2) is 4.39 Å². The van der Waals surface area contributed by atoms with Crippen molar-refractivity contribution in [2.75, 3.05) is 0 Å². The monoisotopic (exact) mass is 340 g/mol. The maximum Gasteiger partial charge on any atom is 0.130 e. The van der Waals surface area contributed by atoms with Crippen molar-refractivity contribution in [1.82, 2.24) is 10.2 Å². The third-order valence-corrected chi connectivity index (χ3v) is 9.10. The van der Waals surface area contributed by atoms with E-state index >= 15 is 0 Å². The van der Waals surface area contributed by atoms with Crippen LogP contribution in [0.3, 0.4) is 0 Å². The van der Waals surface area contributed by atoms with E-state index in [-0.39, 0.29) is 10.8 Å². The maximum atomic E-state index is 14.9. The van der Waals surface area contributed by atoms with Crippen LogP contribution in [0.15, 0.2) is 18.3 Å². The van der Waals surface area contributed by atoms with Crippen LogP contribution < -0.4 is 0 Å². The van der Waals surface area contributed by atoms with Crippen molar-refractivity contribution < 1.29 is 9.50 Å². The van der Waals surface area contributed by atoms with Gasteiger partial charge in [-0.2, -0.15) is 5.10 Å². The molecule has 2 bridgehead atoms. The second-order valence-corrected chi connectivity index (χ2v) is 9.34. The van der Waals surface area contributed by atoms with Gasteiger partial charge < -0.3 is 5.11 Å². The average molecular weight is 340 g/mol. The van der Waals surface area contributed by atoms with Gasteiger partial charge in [-0.3, -0.25) is 5.10 Å². The minimum Gasteiger partial charge on any atom is -0.386 e. The van der Waals surface area contributed by atoms with Gasteiger partial charge in [0, 0.05) is 10.8 Å². The first kappa shape index (κ1) is 14.7. The highest BCUT2D eigenvalue weighted by molar-refractivity contribution is 5.83. The zero-order valence-electron chi connectivity index (χ0n) is 14.7. The second-order valence-electron chi connectivity index (χ2n) is 9.34. The van der Waals surface area contributed by atoms with Gasteiger partial charge >= 0.3 is 0 Å². The molecular formula is C21H25FN2O. The molecule has 4 aliphatic carbocycles. The Bertz CT molecular complexity index is 893. The summed E-state index contributed by atoms with van der Waals surface area (Å²) in [4.78, 5) is 0. The fourth-order valence-corrected chi connectivity index (χ4v) is 7.83. The number of nitrogens with one attached hydrogen (secondary N) is 1. The van der Waals surface area contributed by atoms with Crippen molar-refractivity contribution in [2.24, 2.45) is 16.7 Å². The lowest BCUT2D eigenvalue weighted by Crippen LogP contribution is -2.52. The minimum atomic E-state index is -1.08. The third kappa shape index (κ3) is 1.40. The van der Waals surface area contributed by atoms with Gasteiger partial charge in [-0.1, -0.05) is 13.0 Å². The lowest BCUT2D eigenvalue weighted by Gasteiger charge is -2.56. The van der Waals surface area contributed by atoms with Gasteiger partial charge in [0.05, 0.1) is 11.7 Å². The molecular weight excluding hydrogens is 315 g/mol. The Morgan fingerprint density at radius 3 is 2.96 bits per heavy atom. The first-order chi connectivity index (χ1) is 12.0. The van der Waals surface area contributed by atoms with Crippen LogP contribution >= 0.6 is 0 Å². The Morgan fingerprint density at radius 1 is 1.24 bits per heavy atom. The van der Waals surface area contributed by atoms with Crippen LogP contribution in [-0.2, 0) is 6.42 Å². The van der Waals surface area contributed by atoms with Gasteiger partial charge in [0.2, 0.25) is 0 Å². The molecule has 0 spiro atoms. The number of alkyl halides is 1. The molecule has 6 atom stereocenters. The number of aromatic amines is 1. The third-order valence-electron chi connectivity index (χ3n) is 9.10. The number of rotatable bonds is 0. The average Bonchev–Trinajstić information content (AvgIpc) is 3.22. The molecule has 1 aromatic heterocycles. The van der Waals surface area contributed by atoms with Crippen molar-refractivity contribution in [3.63, 3.8) is 0 Å². The van der Waals surface area contributed by atoms with E-state index in [4.69, 9.17) is 0 Å². The molecule has 1 heterocycles. The van der Waals surface area contributed by atoms with E-state index in [1.54, 1.807) is 0 Å². The molecule has 4 aliphatic rings. The number of nitrogens with zero attached hydrogens (tertiary/aromatic N) is 1. The van der Waals surface area contributed by atoms with E-state index in [0.29, 0.717) is 24.7 Å². The summed E-state index contributed by atoms with van der Waals surface area (Å²) in [6.07, 6.45) is 7.36. The van der Waals surface area contributed by atoms with Gasteiger partial charge in [0.15, 0.2) is 0 Å². The molecule has 0 amide bonds. The van der Waals surface area contributed by atoms with Gasteiger partial charge in [-0.15, -0.1) is 0 Å². The lowest BCUT2D eigenvalue weighted by molar-refractivity contribution is -0.115.